The molecule has 0 fully saturated rings. The molecule has 0 saturated heterocycles. The van der Waals surface area contributed by atoms with Crippen LogP contribution in [0.1, 0.15) is 16.1 Å². The Bertz CT molecular complexity index is 590. The van der Waals surface area contributed by atoms with Gasteiger partial charge in [-0.2, -0.15) is 0 Å². The van der Waals surface area contributed by atoms with E-state index in [4.69, 9.17) is 19.1 Å². The predicted octanol–water partition coefficient (Wildman–Crippen LogP) is 2.19. The lowest BCUT2D eigenvalue weighted by atomic mass is 10.0. The lowest BCUT2D eigenvalue weighted by Gasteiger charge is -2.11. The molecule has 1 aromatic carbocycles. The van der Waals surface area contributed by atoms with E-state index in [9.17, 15) is 4.79 Å². The summed E-state index contributed by atoms with van der Waals surface area (Å²) in [7, 11) is 3.13. The number of carboxylic acids is 1. The fourth-order valence-corrected chi connectivity index (χ4v) is 1.79. The molecule has 0 bridgehead atoms. The zero-order chi connectivity index (χ0) is 13.8. The first kappa shape index (κ1) is 13.1. The zero-order valence-corrected chi connectivity index (χ0v) is 10.5. The van der Waals surface area contributed by atoms with E-state index in [1.807, 2.05) is 0 Å². The number of nitrogens with zero attached hydrogens (tertiary/aromatic N) is 1. The van der Waals surface area contributed by atoms with Crippen LogP contribution in [0, 0.1) is 0 Å². The summed E-state index contributed by atoms with van der Waals surface area (Å²) >= 11 is 0. The number of carboxylic acid groups (broad SMARTS) is 1. The monoisotopic (exact) mass is 263 g/mol. The van der Waals surface area contributed by atoms with Gasteiger partial charge in [0, 0.05) is 24.3 Å². The largest absolute Gasteiger partial charge is 0.496 e. The molecule has 2 rings (SSSR count). The number of aromatic nitrogens is 1. The summed E-state index contributed by atoms with van der Waals surface area (Å²) in [6.07, 6.45) is 0. The van der Waals surface area contributed by atoms with Crippen molar-refractivity contribution in [3.8, 4) is 17.0 Å². The van der Waals surface area contributed by atoms with Gasteiger partial charge >= 0.3 is 5.97 Å². The van der Waals surface area contributed by atoms with Crippen molar-refractivity contribution in [3.63, 3.8) is 0 Å². The lowest BCUT2D eigenvalue weighted by molar-refractivity contribution is 0.0652. The first-order valence-corrected chi connectivity index (χ1v) is 5.52. The van der Waals surface area contributed by atoms with Gasteiger partial charge in [-0.1, -0.05) is 17.3 Å². The molecule has 0 atom stereocenters. The van der Waals surface area contributed by atoms with E-state index >= 15 is 0 Å². The summed E-state index contributed by atoms with van der Waals surface area (Å²) in [5, 5.41) is 12.6. The highest BCUT2D eigenvalue weighted by Gasteiger charge is 2.17. The van der Waals surface area contributed by atoms with Crippen LogP contribution in [0.25, 0.3) is 11.3 Å². The SMILES string of the molecule is COCc1c(OC)cccc1-c1cc(C(=O)O)on1. The lowest BCUT2D eigenvalue weighted by Crippen LogP contribution is -1.97. The summed E-state index contributed by atoms with van der Waals surface area (Å²) in [6.45, 7) is 0.328. The maximum Gasteiger partial charge on any atom is 0.374 e. The van der Waals surface area contributed by atoms with Crippen molar-refractivity contribution in [1.82, 2.24) is 5.16 Å². The topological polar surface area (TPSA) is 81.8 Å². The van der Waals surface area contributed by atoms with Crippen molar-refractivity contribution in [2.45, 2.75) is 6.61 Å². The number of hydrogen-bond donors (Lipinski definition) is 1. The van der Waals surface area contributed by atoms with Gasteiger partial charge in [-0.05, 0) is 6.07 Å². The summed E-state index contributed by atoms with van der Waals surface area (Å²) in [5.74, 6) is -0.713. The highest BCUT2D eigenvalue weighted by atomic mass is 16.5. The maximum absolute atomic E-state index is 10.8. The van der Waals surface area contributed by atoms with E-state index in [2.05, 4.69) is 5.16 Å². The average Bonchev–Trinajstić information content (AvgIpc) is 2.89. The maximum atomic E-state index is 10.8. The minimum absolute atomic E-state index is 0.207. The van der Waals surface area contributed by atoms with E-state index in [0.717, 1.165) is 11.1 Å². The molecule has 0 unspecified atom stereocenters. The second-order valence-corrected chi connectivity index (χ2v) is 3.80. The van der Waals surface area contributed by atoms with E-state index in [1.165, 1.54) is 6.07 Å². The fraction of sp³-hybridized carbons (Fsp3) is 0.231. The number of aromatic carboxylic acids is 1. The molecule has 1 aromatic heterocycles. The smallest absolute Gasteiger partial charge is 0.374 e. The second-order valence-electron chi connectivity index (χ2n) is 3.80. The molecule has 0 spiro atoms. The van der Waals surface area contributed by atoms with E-state index in [1.54, 1.807) is 32.4 Å². The second kappa shape index (κ2) is 5.53. The fourth-order valence-electron chi connectivity index (χ4n) is 1.79. The molecular formula is C13H13NO5. The van der Waals surface area contributed by atoms with Gasteiger partial charge < -0.3 is 19.1 Å². The minimum Gasteiger partial charge on any atom is -0.496 e. The summed E-state index contributed by atoms with van der Waals surface area (Å²) < 4.78 is 15.1. The number of carbonyl (C=O) groups is 1. The van der Waals surface area contributed by atoms with Crippen LogP contribution in [0.2, 0.25) is 0 Å². The third-order valence-corrected chi connectivity index (χ3v) is 2.64. The Kier molecular flexibility index (Phi) is 3.82. The van der Waals surface area contributed by atoms with Crippen LogP contribution in [-0.2, 0) is 11.3 Å². The minimum atomic E-state index is -1.16. The molecular weight excluding hydrogens is 250 g/mol. The van der Waals surface area contributed by atoms with Crippen LogP contribution in [0.4, 0.5) is 0 Å². The van der Waals surface area contributed by atoms with Gasteiger partial charge in [0.05, 0.1) is 13.7 Å². The third-order valence-electron chi connectivity index (χ3n) is 2.64. The van der Waals surface area contributed by atoms with Crippen molar-refractivity contribution in [2.24, 2.45) is 0 Å². The van der Waals surface area contributed by atoms with Crippen molar-refractivity contribution < 1.29 is 23.9 Å². The highest BCUT2D eigenvalue weighted by Crippen LogP contribution is 2.30. The van der Waals surface area contributed by atoms with Gasteiger partial charge in [0.15, 0.2) is 0 Å². The Morgan fingerprint density at radius 1 is 1.42 bits per heavy atom. The van der Waals surface area contributed by atoms with Crippen molar-refractivity contribution in [2.75, 3.05) is 14.2 Å². The van der Waals surface area contributed by atoms with Gasteiger partial charge in [0.25, 0.3) is 0 Å². The van der Waals surface area contributed by atoms with Crippen molar-refractivity contribution >= 4 is 5.97 Å². The number of hydrogen-bond acceptors (Lipinski definition) is 5. The van der Waals surface area contributed by atoms with Gasteiger partial charge in [-0.15, -0.1) is 0 Å². The van der Waals surface area contributed by atoms with Crippen molar-refractivity contribution in [1.29, 1.82) is 0 Å². The Balaban J connectivity index is 2.50. The first-order valence-electron chi connectivity index (χ1n) is 5.52. The summed E-state index contributed by atoms with van der Waals surface area (Å²) in [6, 6.07) is 6.77. The molecule has 1 heterocycles. The number of methoxy groups -OCH3 is 2. The average molecular weight is 263 g/mol. The van der Waals surface area contributed by atoms with E-state index in [0.29, 0.717) is 18.1 Å². The van der Waals surface area contributed by atoms with Crippen LogP contribution >= 0.6 is 0 Å². The van der Waals surface area contributed by atoms with Crippen LogP contribution in [0.15, 0.2) is 28.8 Å². The van der Waals surface area contributed by atoms with E-state index < -0.39 is 5.97 Å². The summed E-state index contributed by atoms with van der Waals surface area (Å²) in [5.41, 5.74) is 1.94. The molecule has 100 valence electrons. The Hall–Kier alpha value is -2.34. The van der Waals surface area contributed by atoms with Crippen molar-refractivity contribution in [3.05, 3.63) is 35.6 Å². The third kappa shape index (κ3) is 2.58. The molecule has 0 aliphatic rings. The molecule has 0 saturated carbocycles. The van der Waals surface area contributed by atoms with E-state index in [-0.39, 0.29) is 5.76 Å². The van der Waals surface area contributed by atoms with Gasteiger partial charge in [0.2, 0.25) is 5.76 Å². The predicted molar refractivity (Wildman–Crippen MR) is 66.2 cm³/mol. The number of ether oxygens (including phenoxy) is 2. The van der Waals surface area contributed by atoms with Gasteiger partial charge in [-0.3, -0.25) is 0 Å². The highest BCUT2D eigenvalue weighted by molar-refractivity contribution is 5.86. The normalized spacial score (nSPS) is 10.4. The molecule has 6 nitrogen and oxygen atoms in total. The molecule has 0 aliphatic carbocycles. The Labute approximate surface area is 109 Å². The van der Waals surface area contributed by atoms with Crippen LogP contribution in [0.5, 0.6) is 5.75 Å². The zero-order valence-electron chi connectivity index (χ0n) is 10.5. The first-order chi connectivity index (χ1) is 9.17. The number of benzene rings is 1. The molecule has 1 N–H and O–H groups in total. The number of rotatable bonds is 5. The standard InChI is InChI=1S/C13H13NO5/c1-17-7-9-8(4-3-5-11(9)18-2)10-6-12(13(15)16)19-14-10/h3-6H,7H2,1-2H3,(H,15,16). The van der Waals surface area contributed by atoms with Crippen LogP contribution < -0.4 is 4.74 Å². The molecule has 6 heteroatoms. The quantitative estimate of drug-likeness (QED) is 0.890. The molecule has 19 heavy (non-hydrogen) atoms. The molecule has 2 aromatic rings. The Morgan fingerprint density at radius 2 is 2.21 bits per heavy atom. The molecule has 0 radical (unpaired) electrons. The van der Waals surface area contributed by atoms with Crippen LogP contribution in [-0.4, -0.2) is 30.5 Å². The van der Waals surface area contributed by atoms with Gasteiger partial charge in [-0.25, -0.2) is 4.79 Å². The molecule has 0 amide bonds. The summed E-state index contributed by atoms with van der Waals surface area (Å²) in [4.78, 5) is 10.8. The van der Waals surface area contributed by atoms with Gasteiger partial charge in [0.1, 0.15) is 11.4 Å². The Morgan fingerprint density at radius 3 is 2.79 bits per heavy atom. The molecule has 0 aliphatic heterocycles. The van der Waals surface area contributed by atoms with Crippen LogP contribution in [0.3, 0.4) is 0 Å².